The molecule has 1 aromatic rings. The third-order valence-corrected chi connectivity index (χ3v) is 4.21. The van der Waals surface area contributed by atoms with Gasteiger partial charge in [0.05, 0.1) is 0 Å². The second-order valence-corrected chi connectivity index (χ2v) is 6.13. The minimum Gasteiger partial charge on any atom is -0.508 e. The van der Waals surface area contributed by atoms with Gasteiger partial charge in [-0.1, -0.05) is 12.1 Å². The van der Waals surface area contributed by atoms with Gasteiger partial charge in [0.2, 0.25) is 5.91 Å². The van der Waals surface area contributed by atoms with Crippen LogP contribution in [0.3, 0.4) is 0 Å². The summed E-state index contributed by atoms with van der Waals surface area (Å²) in [6, 6.07) is 7.53. The molecule has 0 bridgehead atoms. The fourth-order valence-corrected chi connectivity index (χ4v) is 2.67. The summed E-state index contributed by atoms with van der Waals surface area (Å²) in [4.78, 5) is 14.4. The highest BCUT2D eigenvalue weighted by Crippen LogP contribution is 2.34. The van der Waals surface area contributed by atoms with Gasteiger partial charge >= 0.3 is 0 Å². The van der Waals surface area contributed by atoms with Crippen LogP contribution in [0.15, 0.2) is 24.3 Å². The molecule has 4 heteroatoms. The molecule has 1 atom stereocenters. The summed E-state index contributed by atoms with van der Waals surface area (Å²) in [7, 11) is 0. The highest BCUT2D eigenvalue weighted by atomic mass is 16.3. The standard InChI is InChI=1S/C16H22N2O2/c17-15(12-4-5-12)9-16(20)18(13-6-7-13)10-11-2-1-3-14(19)8-11/h1-3,8,12-13,15,19H,4-7,9-10,17H2. The number of nitrogens with two attached hydrogens (primary N) is 1. The molecule has 0 aliphatic heterocycles. The summed E-state index contributed by atoms with van der Waals surface area (Å²) in [5.74, 6) is 0.969. The largest absolute Gasteiger partial charge is 0.508 e. The fraction of sp³-hybridized carbons (Fsp3) is 0.562. The molecule has 0 aromatic heterocycles. The number of amides is 1. The average Bonchev–Trinajstić information content (AvgIpc) is 3.29. The minimum absolute atomic E-state index is 0.0212. The predicted octanol–water partition coefficient (Wildman–Crippen LogP) is 2.01. The van der Waals surface area contributed by atoms with Crippen molar-refractivity contribution in [1.82, 2.24) is 4.90 Å². The fourth-order valence-electron chi connectivity index (χ4n) is 2.67. The van der Waals surface area contributed by atoms with Gasteiger partial charge < -0.3 is 15.7 Å². The van der Waals surface area contributed by atoms with Crippen LogP contribution in [0.4, 0.5) is 0 Å². The van der Waals surface area contributed by atoms with E-state index in [0.29, 0.717) is 24.9 Å². The molecule has 0 heterocycles. The van der Waals surface area contributed by atoms with E-state index in [-0.39, 0.29) is 17.7 Å². The monoisotopic (exact) mass is 274 g/mol. The van der Waals surface area contributed by atoms with Gasteiger partial charge in [-0.3, -0.25) is 4.79 Å². The van der Waals surface area contributed by atoms with Gasteiger partial charge in [-0.2, -0.15) is 0 Å². The Balaban J connectivity index is 1.64. The van der Waals surface area contributed by atoms with Crippen LogP contribution in [-0.4, -0.2) is 28.0 Å². The van der Waals surface area contributed by atoms with Crippen LogP contribution in [-0.2, 0) is 11.3 Å². The third kappa shape index (κ3) is 3.31. The number of phenols is 1. The molecule has 3 N–H and O–H groups in total. The number of hydrogen-bond donors (Lipinski definition) is 2. The van der Waals surface area contributed by atoms with E-state index < -0.39 is 0 Å². The Kier molecular flexibility index (Phi) is 3.66. The van der Waals surface area contributed by atoms with Crippen molar-refractivity contribution in [2.45, 2.75) is 50.7 Å². The molecule has 0 spiro atoms. The van der Waals surface area contributed by atoms with E-state index in [4.69, 9.17) is 5.73 Å². The van der Waals surface area contributed by atoms with E-state index in [1.165, 1.54) is 12.8 Å². The lowest BCUT2D eigenvalue weighted by atomic mass is 10.1. The Labute approximate surface area is 119 Å². The summed E-state index contributed by atoms with van der Waals surface area (Å²) in [6.45, 7) is 0.579. The molecule has 2 aliphatic rings. The summed E-state index contributed by atoms with van der Waals surface area (Å²) < 4.78 is 0. The highest BCUT2D eigenvalue weighted by molar-refractivity contribution is 5.77. The first-order valence-electron chi connectivity index (χ1n) is 7.46. The first-order valence-corrected chi connectivity index (χ1v) is 7.46. The molecular weight excluding hydrogens is 252 g/mol. The lowest BCUT2D eigenvalue weighted by molar-refractivity contribution is -0.132. The van der Waals surface area contributed by atoms with Gasteiger partial charge in [0, 0.05) is 25.0 Å². The summed E-state index contributed by atoms with van der Waals surface area (Å²) in [6.07, 6.45) is 4.97. The maximum atomic E-state index is 12.4. The molecule has 0 radical (unpaired) electrons. The zero-order valence-electron chi connectivity index (χ0n) is 11.7. The van der Waals surface area contributed by atoms with E-state index in [9.17, 15) is 9.90 Å². The molecule has 2 aliphatic carbocycles. The lowest BCUT2D eigenvalue weighted by Gasteiger charge is -2.24. The van der Waals surface area contributed by atoms with E-state index in [0.717, 1.165) is 18.4 Å². The average molecular weight is 274 g/mol. The highest BCUT2D eigenvalue weighted by Gasteiger charge is 2.36. The van der Waals surface area contributed by atoms with Crippen LogP contribution in [0.25, 0.3) is 0 Å². The molecule has 108 valence electrons. The normalized spacial score (nSPS) is 19.6. The number of benzene rings is 1. The molecule has 1 amide bonds. The Bertz CT molecular complexity index is 495. The SMILES string of the molecule is NC(CC(=O)N(Cc1cccc(O)c1)C1CC1)C1CC1. The Morgan fingerprint density at radius 3 is 2.70 bits per heavy atom. The second-order valence-electron chi connectivity index (χ2n) is 6.13. The minimum atomic E-state index is 0.0212. The van der Waals surface area contributed by atoms with Crippen LogP contribution in [0.1, 0.15) is 37.7 Å². The number of rotatable bonds is 6. The van der Waals surface area contributed by atoms with Crippen molar-refractivity contribution in [2.24, 2.45) is 11.7 Å². The van der Waals surface area contributed by atoms with E-state index >= 15 is 0 Å². The van der Waals surface area contributed by atoms with Crippen LogP contribution in [0.2, 0.25) is 0 Å². The molecule has 20 heavy (non-hydrogen) atoms. The molecule has 1 aromatic carbocycles. The van der Waals surface area contributed by atoms with Crippen molar-refractivity contribution in [2.75, 3.05) is 0 Å². The number of hydrogen-bond acceptors (Lipinski definition) is 3. The number of aromatic hydroxyl groups is 1. The van der Waals surface area contributed by atoms with E-state index in [2.05, 4.69) is 0 Å². The van der Waals surface area contributed by atoms with Gasteiger partial charge in [-0.25, -0.2) is 0 Å². The first-order chi connectivity index (χ1) is 9.63. The Morgan fingerprint density at radius 1 is 1.35 bits per heavy atom. The van der Waals surface area contributed by atoms with E-state index in [1.807, 2.05) is 17.0 Å². The van der Waals surface area contributed by atoms with Crippen LogP contribution in [0.5, 0.6) is 5.75 Å². The summed E-state index contributed by atoms with van der Waals surface area (Å²) >= 11 is 0. The number of nitrogens with zero attached hydrogens (tertiary/aromatic N) is 1. The van der Waals surface area contributed by atoms with Gasteiger partial charge in [0.25, 0.3) is 0 Å². The van der Waals surface area contributed by atoms with Crippen molar-refractivity contribution in [3.63, 3.8) is 0 Å². The lowest BCUT2D eigenvalue weighted by Crippen LogP contribution is -2.37. The molecule has 3 rings (SSSR count). The molecule has 2 fully saturated rings. The summed E-state index contributed by atoms with van der Waals surface area (Å²) in [5, 5.41) is 9.52. The van der Waals surface area contributed by atoms with Crippen molar-refractivity contribution < 1.29 is 9.90 Å². The molecule has 1 unspecified atom stereocenters. The van der Waals surface area contributed by atoms with Crippen LogP contribution in [0, 0.1) is 5.92 Å². The zero-order chi connectivity index (χ0) is 14.1. The number of carbonyl (C=O) groups is 1. The maximum absolute atomic E-state index is 12.4. The van der Waals surface area contributed by atoms with Crippen LogP contribution >= 0.6 is 0 Å². The first kappa shape index (κ1) is 13.4. The Morgan fingerprint density at radius 2 is 2.10 bits per heavy atom. The Hall–Kier alpha value is -1.55. The van der Waals surface area contributed by atoms with Crippen molar-refractivity contribution in [3.8, 4) is 5.75 Å². The number of carbonyl (C=O) groups excluding carboxylic acids is 1. The topological polar surface area (TPSA) is 66.6 Å². The quantitative estimate of drug-likeness (QED) is 0.834. The smallest absolute Gasteiger partial charge is 0.224 e. The van der Waals surface area contributed by atoms with Crippen molar-refractivity contribution in [3.05, 3.63) is 29.8 Å². The second kappa shape index (κ2) is 5.44. The van der Waals surface area contributed by atoms with Crippen molar-refractivity contribution in [1.29, 1.82) is 0 Å². The molecule has 0 saturated heterocycles. The number of phenolic OH excluding ortho intramolecular Hbond substituents is 1. The molecule has 4 nitrogen and oxygen atoms in total. The zero-order valence-corrected chi connectivity index (χ0v) is 11.7. The van der Waals surface area contributed by atoms with E-state index in [1.54, 1.807) is 12.1 Å². The van der Waals surface area contributed by atoms with Gasteiger partial charge in [0.15, 0.2) is 0 Å². The predicted molar refractivity (Wildman–Crippen MR) is 77.0 cm³/mol. The third-order valence-electron chi connectivity index (χ3n) is 4.21. The van der Waals surface area contributed by atoms with Crippen molar-refractivity contribution >= 4 is 5.91 Å². The van der Waals surface area contributed by atoms with Gasteiger partial charge in [-0.15, -0.1) is 0 Å². The maximum Gasteiger partial charge on any atom is 0.224 e. The van der Waals surface area contributed by atoms with Gasteiger partial charge in [0.1, 0.15) is 5.75 Å². The molecule has 2 saturated carbocycles. The van der Waals surface area contributed by atoms with Crippen LogP contribution < -0.4 is 5.73 Å². The molecular formula is C16H22N2O2. The van der Waals surface area contributed by atoms with Gasteiger partial charge in [-0.05, 0) is 49.3 Å². The summed E-state index contributed by atoms with van der Waals surface area (Å²) in [5.41, 5.74) is 7.05.